The molecule has 8 heteroatoms. The van der Waals surface area contributed by atoms with Gasteiger partial charge in [0.05, 0.1) is 6.61 Å². The van der Waals surface area contributed by atoms with E-state index in [0.717, 1.165) is 0 Å². The van der Waals surface area contributed by atoms with E-state index < -0.39 is 6.04 Å². The Morgan fingerprint density at radius 1 is 1.53 bits per heavy atom. The number of carbonyl (C=O) groups is 2. The van der Waals surface area contributed by atoms with Crippen LogP contribution < -0.4 is 21.1 Å². The number of piperidine rings is 1. The Balaban J connectivity index is 2.13. The van der Waals surface area contributed by atoms with Crippen molar-refractivity contribution >= 4 is 23.3 Å². The highest BCUT2D eigenvalue weighted by molar-refractivity contribution is 6.01. The van der Waals surface area contributed by atoms with Crippen molar-refractivity contribution in [2.75, 3.05) is 17.7 Å². The lowest BCUT2D eigenvalue weighted by Gasteiger charge is -2.23. The number of hydrogen-bond acceptors (Lipinski definition) is 7. The van der Waals surface area contributed by atoms with Crippen molar-refractivity contribution in [2.45, 2.75) is 25.8 Å². The number of rotatable bonds is 4. The fourth-order valence-corrected chi connectivity index (χ4v) is 1.74. The summed E-state index contributed by atoms with van der Waals surface area (Å²) in [6.45, 7) is 2.24. The Labute approximate surface area is 109 Å². The number of aromatic nitrogens is 2. The minimum absolute atomic E-state index is 0.244. The molecule has 1 atom stereocenters. The molecule has 0 spiro atoms. The molecule has 0 saturated carbocycles. The van der Waals surface area contributed by atoms with E-state index in [9.17, 15) is 9.59 Å². The highest BCUT2D eigenvalue weighted by Gasteiger charge is 2.27. The quantitative estimate of drug-likeness (QED) is 0.638. The normalized spacial score (nSPS) is 18.9. The van der Waals surface area contributed by atoms with E-state index in [1.54, 1.807) is 0 Å². The summed E-state index contributed by atoms with van der Waals surface area (Å²) in [6, 6.07) is -0.538. The molecule has 1 aliphatic heterocycles. The van der Waals surface area contributed by atoms with Crippen LogP contribution in [0, 0.1) is 0 Å². The summed E-state index contributed by atoms with van der Waals surface area (Å²) in [5.74, 6) is -0.0545. The molecular weight excluding hydrogens is 250 g/mol. The molecule has 1 aliphatic rings. The van der Waals surface area contributed by atoms with Crippen LogP contribution in [0.1, 0.15) is 19.8 Å². The van der Waals surface area contributed by atoms with Crippen LogP contribution >= 0.6 is 0 Å². The summed E-state index contributed by atoms with van der Waals surface area (Å²) in [7, 11) is 0. The minimum atomic E-state index is -0.538. The highest BCUT2D eigenvalue weighted by Crippen LogP contribution is 2.25. The average molecular weight is 265 g/mol. The molecule has 0 aromatic carbocycles. The van der Waals surface area contributed by atoms with Gasteiger partial charge in [-0.05, 0) is 13.3 Å². The van der Waals surface area contributed by atoms with Crippen LogP contribution in [0.2, 0.25) is 0 Å². The Morgan fingerprint density at radius 2 is 2.32 bits per heavy atom. The number of nitrogens with zero attached hydrogens (tertiary/aromatic N) is 2. The second-order valence-corrected chi connectivity index (χ2v) is 4.02. The van der Waals surface area contributed by atoms with Gasteiger partial charge < -0.3 is 15.8 Å². The summed E-state index contributed by atoms with van der Waals surface area (Å²) in [6.07, 6.45) is 1.99. The van der Waals surface area contributed by atoms with E-state index in [2.05, 4.69) is 20.6 Å². The smallest absolute Gasteiger partial charge is 0.249 e. The average Bonchev–Trinajstić information content (AvgIpc) is 2.37. The van der Waals surface area contributed by atoms with E-state index in [1.165, 1.54) is 6.33 Å². The zero-order valence-electron chi connectivity index (χ0n) is 10.5. The van der Waals surface area contributed by atoms with Crippen LogP contribution in [-0.4, -0.2) is 34.4 Å². The summed E-state index contributed by atoms with van der Waals surface area (Å²) < 4.78 is 5.24. The molecule has 1 fully saturated rings. The molecule has 2 rings (SSSR count). The van der Waals surface area contributed by atoms with Crippen LogP contribution in [0.4, 0.5) is 11.5 Å². The lowest BCUT2D eigenvalue weighted by molar-refractivity contribution is -0.133. The monoisotopic (exact) mass is 265 g/mol. The molecule has 2 amide bonds. The third kappa shape index (κ3) is 2.90. The highest BCUT2D eigenvalue weighted by atomic mass is 16.5. The SMILES string of the molecule is CCOc1ncnc(NC2CCC(=O)NC2=O)c1N. The fourth-order valence-electron chi connectivity index (χ4n) is 1.74. The molecule has 1 aromatic heterocycles. The standard InChI is InChI=1S/C11H15N5O3/c1-2-19-11-8(12)9(13-5-14-11)15-6-3-4-7(17)16-10(6)18/h5-6H,2-4,12H2,1H3,(H,13,14,15)(H,16,17,18). The van der Waals surface area contributed by atoms with Gasteiger partial charge in [0.1, 0.15) is 18.1 Å². The summed E-state index contributed by atoms with van der Waals surface area (Å²) in [5, 5.41) is 5.15. The number of nitrogen functional groups attached to an aromatic ring is 1. The maximum atomic E-state index is 11.6. The fraction of sp³-hybridized carbons (Fsp3) is 0.455. The first kappa shape index (κ1) is 13.1. The Kier molecular flexibility index (Phi) is 3.79. The predicted octanol–water partition coefficient (Wildman–Crippen LogP) is -0.325. The Morgan fingerprint density at radius 3 is 3.00 bits per heavy atom. The topological polar surface area (TPSA) is 119 Å². The number of nitrogens with two attached hydrogens (primary N) is 1. The number of imide groups is 1. The van der Waals surface area contributed by atoms with Crippen molar-refractivity contribution in [3.63, 3.8) is 0 Å². The maximum Gasteiger partial charge on any atom is 0.249 e. The van der Waals surface area contributed by atoms with E-state index >= 15 is 0 Å². The number of ether oxygens (including phenoxy) is 1. The Hall–Kier alpha value is -2.38. The van der Waals surface area contributed by atoms with Crippen LogP contribution in [0.5, 0.6) is 5.88 Å². The van der Waals surface area contributed by atoms with Gasteiger partial charge in [-0.15, -0.1) is 0 Å². The number of amides is 2. The zero-order chi connectivity index (χ0) is 13.8. The van der Waals surface area contributed by atoms with E-state index in [1.807, 2.05) is 6.92 Å². The number of hydrogen-bond donors (Lipinski definition) is 3. The van der Waals surface area contributed by atoms with Crippen LogP contribution in [0.3, 0.4) is 0 Å². The van der Waals surface area contributed by atoms with Gasteiger partial charge in [-0.1, -0.05) is 0 Å². The van der Waals surface area contributed by atoms with Gasteiger partial charge in [-0.25, -0.2) is 4.98 Å². The lowest BCUT2D eigenvalue weighted by Crippen LogP contribution is -2.47. The van der Waals surface area contributed by atoms with Gasteiger partial charge in [0.15, 0.2) is 5.82 Å². The van der Waals surface area contributed by atoms with Crippen molar-refractivity contribution in [2.24, 2.45) is 0 Å². The molecule has 0 radical (unpaired) electrons. The maximum absolute atomic E-state index is 11.6. The molecular formula is C11H15N5O3. The first-order valence-electron chi connectivity index (χ1n) is 5.95. The number of anilines is 2. The molecule has 1 saturated heterocycles. The molecule has 0 aliphatic carbocycles. The molecule has 0 bridgehead atoms. The zero-order valence-corrected chi connectivity index (χ0v) is 10.5. The summed E-state index contributed by atoms with van der Waals surface area (Å²) >= 11 is 0. The third-order valence-corrected chi connectivity index (χ3v) is 2.68. The van der Waals surface area contributed by atoms with Crippen LogP contribution in [0.25, 0.3) is 0 Å². The molecule has 1 unspecified atom stereocenters. The van der Waals surface area contributed by atoms with Crippen molar-refractivity contribution < 1.29 is 14.3 Å². The number of carbonyl (C=O) groups excluding carboxylic acids is 2. The largest absolute Gasteiger partial charge is 0.476 e. The van der Waals surface area contributed by atoms with Crippen LogP contribution in [-0.2, 0) is 9.59 Å². The number of nitrogens with one attached hydrogen (secondary N) is 2. The second kappa shape index (κ2) is 5.51. The molecule has 8 nitrogen and oxygen atoms in total. The minimum Gasteiger partial charge on any atom is -0.476 e. The molecule has 4 N–H and O–H groups in total. The van der Waals surface area contributed by atoms with Gasteiger partial charge in [-0.3, -0.25) is 14.9 Å². The lowest BCUT2D eigenvalue weighted by atomic mass is 10.1. The van der Waals surface area contributed by atoms with Crippen molar-refractivity contribution in [1.29, 1.82) is 0 Å². The van der Waals surface area contributed by atoms with Gasteiger partial charge in [0.25, 0.3) is 0 Å². The van der Waals surface area contributed by atoms with Gasteiger partial charge >= 0.3 is 0 Å². The summed E-state index contributed by atoms with van der Waals surface area (Å²) in [5.41, 5.74) is 6.09. The van der Waals surface area contributed by atoms with Crippen LogP contribution in [0.15, 0.2) is 6.33 Å². The summed E-state index contributed by atoms with van der Waals surface area (Å²) in [4.78, 5) is 30.5. The van der Waals surface area contributed by atoms with Crippen molar-refractivity contribution in [3.8, 4) is 5.88 Å². The van der Waals surface area contributed by atoms with Crippen molar-refractivity contribution in [3.05, 3.63) is 6.33 Å². The van der Waals surface area contributed by atoms with E-state index in [4.69, 9.17) is 10.5 Å². The molecule has 102 valence electrons. The van der Waals surface area contributed by atoms with E-state index in [-0.39, 0.29) is 29.8 Å². The predicted molar refractivity (Wildman–Crippen MR) is 67.4 cm³/mol. The molecule has 1 aromatic rings. The first-order chi connectivity index (χ1) is 9.11. The molecule has 2 heterocycles. The second-order valence-electron chi connectivity index (χ2n) is 4.02. The van der Waals surface area contributed by atoms with Crippen molar-refractivity contribution in [1.82, 2.24) is 15.3 Å². The molecule has 19 heavy (non-hydrogen) atoms. The van der Waals surface area contributed by atoms with E-state index in [0.29, 0.717) is 18.8 Å². The first-order valence-corrected chi connectivity index (χ1v) is 5.95. The third-order valence-electron chi connectivity index (χ3n) is 2.68. The van der Waals surface area contributed by atoms with Gasteiger partial charge in [0, 0.05) is 6.42 Å². The van der Waals surface area contributed by atoms with Gasteiger partial charge in [0.2, 0.25) is 17.7 Å². The Bertz CT molecular complexity index is 505. The van der Waals surface area contributed by atoms with Gasteiger partial charge in [-0.2, -0.15) is 4.98 Å².